The van der Waals surface area contributed by atoms with E-state index < -0.39 is 18.0 Å². The van der Waals surface area contributed by atoms with Crippen LogP contribution in [0.25, 0.3) is 0 Å². The number of carbonyl (C=O) groups is 2. The molecule has 0 aliphatic carbocycles. The maximum absolute atomic E-state index is 12.2. The number of carbonyl (C=O) groups excluding carboxylic acids is 2. The van der Waals surface area contributed by atoms with Crippen molar-refractivity contribution in [3.8, 4) is 11.5 Å². The largest absolute Gasteiger partial charge is 0.493 e. The lowest BCUT2D eigenvalue weighted by Crippen LogP contribution is -2.45. The number of rotatable bonds is 4. The van der Waals surface area contributed by atoms with Gasteiger partial charge in [0.25, 0.3) is 0 Å². The van der Waals surface area contributed by atoms with E-state index in [1.165, 1.54) is 21.3 Å². The van der Waals surface area contributed by atoms with Gasteiger partial charge in [-0.1, -0.05) is 15.9 Å². The highest BCUT2D eigenvalue weighted by Crippen LogP contribution is 2.41. The fourth-order valence-corrected chi connectivity index (χ4v) is 2.94. The molecule has 0 saturated heterocycles. The number of allylic oxidation sites excluding steroid dienone is 1. The number of urea groups is 1. The third kappa shape index (κ3) is 3.26. The summed E-state index contributed by atoms with van der Waals surface area (Å²) in [5.74, 6) is 0.365. The molecule has 0 spiro atoms. The Labute approximate surface area is 142 Å². The van der Waals surface area contributed by atoms with Crippen LogP contribution in [-0.4, -0.2) is 33.3 Å². The molecule has 0 aromatic heterocycles. The van der Waals surface area contributed by atoms with Crippen molar-refractivity contribution in [3.63, 3.8) is 0 Å². The first-order chi connectivity index (χ1) is 10.9. The van der Waals surface area contributed by atoms with Gasteiger partial charge in [-0.25, -0.2) is 9.59 Å². The molecule has 0 bridgehead atoms. The number of nitrogens with one attached hydrogen (secondary N) is 2. The van der Waals surface area contributed by atoms with Gasteiger partial charge in [0.15, 0.2) is 11.5 Å². The summed E-state index contributed by atoms with van der Waals surface area (Å²) >= 11 is 3.39. The molecule has 0 unspecified atom stereocenters. The van der Waals surface area contributed by atoms with Gasteiger partial charge in [-0.3, -0.25) is 0 Å². The fraction of sp³-hybridized carbons (Fsp3) is 0.333. The number of hydrogen-bond acceptors (Lipinski definition) is 5. The van der Waals surface area contributed by atoms with Gasteiger partial charge in [-0.15, -0.1) is 0 Å². The van der Waals surface area contributed by atoms with Crippen molar-refractivity contribution in [3.05, 3.63) is 33.4 Å². The maximum atomic E-state index is 12.2. The topological polar surface area (TPSA) is 85.9 Å². The summed E-state index contributed by atoms with van der Waals surface area (Å²) in [6, 6.07) is 2.35. The van der Waals surface area contributed by atoms with E-state index in [-0.39, 0.29) is 0 Å². The van der Waals surface area contributed by atoms with Gasteiger partial charge in [0.05, 0.1) is 32.9 Å². The van der Waals surface area contributed by atoms with Crippen LogP contribution in [0.15, 0.2) is 27.9 Å². The summed E-state index contributed by atoms with van der Waals surface area (Å²) in [4.78, 5) is 24.0. The Balaban J connectivity index is 2.67. The molecule has 124 valence electrons. The first kappa shape index (κ1) is 17.1. The molecule has 0 radical (unpaired) electrons. The van der Waals surface area contributed by atoms with Gasteiger partial charge in [0, 0.05) is 15.7 Å². The summed E-state index contributed by atoms with van der Waals surface area (Å²) in [5, 5.41) is 5.29. The standard InChI is InChI=1S/C15H17BrN2O5/c1-7-11(14(19)23-4)12(18-15(20)17-7)9-5-8(16)6-10(21-2)13(9)22-3/h5-6,12H,1-4H3,(H2,17,18,20)/t12-/m0/s1. The van der Waals surface area contributed by atoms with E-state index in [9.17, 15) is 9.59 Å². The van der Waals surface area contributed by atoms with Crippen LogP contribution in [0.1, 0.15) is 18.5 Å². The van der Waals surface area contributed by atoms with Crippen LogP contribution in [0.2, 0.25) is 0 Å². The number of ether oxygens (including phenoxy) is 3. The lowest BCUT2D eigenvalue weighted by Gasteiger charge is -2.29. The highest BCUT2D eigenvalue weighted by molar-refractivity contribution is 9.10. The minimum absolute atomic E-state index is 0.297. The lowest BCUT2D eigenvalue weighted by atomic mass is 9.94. The Bertz CT molecular complexity index is 687. The molecule has 7 nitrogen and oxygen atoms in total. The molecule has 1 aliphatic heterocycles. The second kappa shape index (κ2) is 6.91. The molecule has 2 amide bonds. The van der Waals surface area contributed by atoms with E-state index in [2.05, 4.69) is 26.6 Å². The summed E-state index contributed by atoms with van der Waals surface area (Å²) in [5.41, 5.74) is 1.30. The zero-order valence-electron chi connectivity index (χ0n) is 13.2. The van der Waals surface area contributed by atoms with E-state index in [1.807, 2.05) is 0 Å². The first-order valence-corrected chi connectivity index (χ1v) is 7.50. The van der Waals surface area contributed by atoms with Crippen LogP contribution in [0.3, 0.4) is 0 Å². The number of esters is 1. The van der Waals surface area contributed by atoms with E-state index in [0.717, 1.165) is 4.47 Å². The number of amides is 2. The Hall–Kier alpha value is -2.22. The fourth-order valence-electron chi connectivity index (χ4n) is 2.48. The molecular weight excluding hydrogens is 368 g/mol. The predicted molar refractivity (Wildman–Crippen MR) is 86.4 cm³/mol. The van der Waals surface area contributed by atoms with Crippen LogP contribution in [0.4, 0.5) is 4.79 Å². The van der Waals surface area contributed by atoms with Gasteiger partial charge < -0.3 is 24.8 Å². The van der Waals surface area contributed by atoms with Gasteiger partial charge >= 0.3 is 12.0 Å². The van der Waals surface area contributed by atoms with Crippen LogP contribution >= 0.6 is 15.9 Å². The minimum Gasteiger partial charge on any atom is -0.493 e. The average Bonchev–Trinajstić information content (AvgIpc) is 2.52. The molecule has 8 heteroatoms. The Morgan fingerprint density at radius 1 is 1.22 bits per heavy atom. The van der Waals surface area contributed by atoms with Crippen LogP contribution in [0.5, 0.6) is 11.5 Å². The number of hydrogen-bond donors (Lipinski definition) is 2. The summed E-state index contributed by atoms with van der Waals surface area (Å²) in [7, 11) is 4.29. The molecule has 0 saturated carbocycles. The van der Waals surface area contributed by atoms with Crippen LogP contribution < -0.4 is 20.1 Å². The predicted octanol–water partition coefficient (Wildman–Crippen LogP) is 2.27. The highest BCUT2D eigenvalue weighted by atomic mass is 79.9. The Kier molecular flexibility index (Phi) is 5.15. The monoisotopic (exact) mass is 384 g/mol. The van der Waals surface area contributed by atoms with Crippen LogP contribution in [0, 0.1) is 0 Å². The molecule has 1 heterocycles. The van der Waals surface area contributed by atoms with Crippen molar-refractivity contribution in [2.75, 3.05) is 21.3 Å². The lowest BCUT2D eigenvalue weighted by molar-refractivity contribution is -0.136. The molecule has 2 rings (SSSR count). The molecule has 1 atom stereocenters. The molecule has 1 aromatic carbocycles. The highest BCUT2D eigenvalue weighted by Gasteiger charge is 2.34. The zero-order valence-corrected chi connectivity index (χ0v) is 14.7. The third-order valence-electron chi connectivity index (χ3n) is 3.46. The maximum Gasteiger partial charge on any atom is 0.337 e. The summed E-state index contributed by atoms with van der Waals surface area (Å²) < 4.78 is 16.3. The van der Waals surface area contributed by atoms with Crippen molar-refractivity contribution in [1.29, 1.82) is 0 Å². The molecule has 23 heavy (non-hydrogen) atoms. The van der Waals surface area contributed by atoms with E-state index in [0.29, 0.717) is 28.3 Å². The quantitative estimate of drug-likeness (QED) is 0.777. The molecule has 1 aliphatic rings. The summed E-state index contributed by atoms with van der Waals surface area (Å²) in [6.07, 6.45) is 0. The zero-order chi connectivity index (χ0) is 17.1. The molecule has 2 N–H and O–H groups in total. The van der Waals surface area contributed by atoms with Gasteiger partial charge in [-0.2, -0.15) is 0 Å². The normalized spacial score (nSPS) is 17.3. The Morgan fingerprint density at radius 2 is 1.91 bits per heavy atom. The smallest absolute Gasteiger partial charge is 0.337 e. The van der Waals surface area contributed by atoms with Gasteiger partial charge in [-0.05, 0) is 19.1 Å². The molecule has 0 fully saturated rings. The van der Waals surface area contributed by atoms with Crippen molar-refractivity contribution < 1.29 is 23.8 Å². The SMILES string of the molecule is COC(=O)C1=C(C)NC(=O)N[C@H]1c1cc(Br)cc(OC)c1OC. The van der Waals surface area contributed by atoms with Crippen molar-refractivity contribution in [2.45, 2.75) is 13.0 Å². The first-order valence-electron chi connectivity index (χ1n) is 6.71. The third-order valence-corrected chi connectivity index (χ3v) is 3.92. The average molecular weight is 385 g/mol. The number of methoxy groups -OCH3 is 3. The summed E-state index contributed by atoms with van der Waals surface area (Å²) in [6.45, 7) is 1.64. The minimum atomic E-state index is -0.724. The molecule has 1 aromatic rings. The number of benzene rings is 1. The van der Waals surface area contributed by atoms with E-state index in [1.54, 1.807) is 19.1 Å². The van der Waals surface area contributed by atoms with Crippen molar-refractivity contribution >= 4 is 27.9 Å². The second-order valence-corrected chi connectivity index (χ2v) is 5.71. The second-order valence-electron chi connectivity index (χ2n) is 4.79. The van der Waals surface area contributed by atoms with Gasteiger partial charge in [0.1, 0.15) is 0 Å². The van der Waals surface area contributed by atoms with Gasteiger partial charge in [0.2, 0.25) is 0 Å². The number of halogens is 1. The van der Waals surface area contributed by atoms with E-state index >= 15 is 0 Å². The van der Waals surface area contributed by atoms with Crippen molar-refractivity contribution in [1.82, 2.24) is 10.6 Å². The molecular formula is C15H17BrN2O5. The van der Waals surface area contributed by atoms with Crippen molar-refractivity contribution in [2.24, 2.45) is 0 Å². The Morgan fingerprint density at radius 3 is 2.48 bits per heavy atom. The van der Waals surface area contributed by atoms with E-state index in [4.69, 9.17) is 14.2 Å². The van der Waals surface area contributed by atoms with Crippen LogP contribution in [-0.2, 0) is 9.53 Å².